The summed E-state index contributed by atoms with van der Waals surface area (Å²) in [7, 11) is 0. The molecule has 2 rings (SSSR count). The van der Waals surface area contributed by atoms with E-state index in [0.717, 1.165) is 73.2 Å². The summed E-state index contributed by atoms with van der Waals surface area (Å²) in [5, 5.41) is 9.39. The van der Waals surface area contributed by atoms with Gasteiger partial charge in [-0.15, -0.1) is 0 Å². The van der Waals surface area contributed by atoms with Crippen LogP contribution < -0.4 is 0 Å². The van der Waals surface area contributed by atoms with Crippen LogP contribution in [0.2, 0.25) is 0 Å². The number of aliphatic hydroxyl groups is 1. The Morgan fingerprint density at radius 2 is 1.39 bits per heavy atom. The fraction of sp³-hybridized carbons (Fsp3) is 0.441. The Hall–Kier alpha value is -3.11. The second-order valence-electron chi connectivity index (χ2n) is 10.3. The molecule has 0 saturated heterocycles. The van der Waals surface area contributed by atoms with Crippen LogP contribution in [-0.2, 0) is 14.4 Å². The molecular weight excluding hydrogens is 472 g/mol. The van der Waals surface area contributed by atoms with E-state index in [1.165, 1.54) is 12.8 Å². The molecule has 0 radical (unpaired) electrons. The average Bonchev–Trinajstić information content (AvgIpc) is 2.89. The molecule has 0 spiro atoms. The minimum Gasteiger partial charge on any atom is -0.390 e. The lowest BCUT2D eigenvalue weighted by Gasteiger charge is -2.17. The third-order valence-corrected chi connectivity index (χ3v) is 5.74. The first-order valence-corrected chi connectivity index (χ1v) is 13.7. The highest BCUT2D eigenvalue weighted by molar-refractivity contribution is 5.81. The van der Waals surface area contributed by atoms with Crippen LogP contribution in [0.25, 0.3) is 12.2 Å². The van der Waals surface area contributed by atoms with Gasteiger partial charge in [0.1, 0.15) is 18.9 Å². The zero-order valence-electron chi connectivity index (χ0n) is 24.1. The zero-order valence-corrected chi connectivity index (χ0v) is 24.1. The average molecular weight is 521 g/mol. The molecule has 0 aromatic heterocycles. The van der Waals surface area contributed by atoms with Crippen LogP contribution in [-0.4, -0.2) is 29.6 Å². The highest BCUT2D eigenvalue weighted by Gasteiger charge is 2.12. The predicted molar refractivity (Wildman–Crippen MR) is 161 cm³/mol. The van der Waals surface area contributed by atoms with Crippen LogP contribution >= 0.6 is 0 Å². The standard InChI is InChI=1S/C14H18O.C10H20O2.C10H10O/c1-2-3-5-10-14(12-15)11-13-8-6-4-7-9-13;1-9(6-8-11)5-4-7-10(2,3)12;1-9(8-11)7-10-5-3-2-4-6-10/h4,6-9,11-12H,2-3,5,10H2,1H3;8-9,12H,4-7H2,1-3H3;2-8H,1H3. The highest BCUT2D eigenvalue weighted by Crippen LogP contribution is 2.16. The number of unbranched alkanes of at least 4 members (excludes halogenated alkanes) is 2. The number of benzene rings is 2. The van der Waals surface area contributed by atoms with Crippen molar-refractivity contribution in [3.05, 3.63) is 82.9 Å². The van der Waals surface area contributed by atoms with Crippen molar-refractivity contribution >= 4 is 31.0 Å². The first kappa shape index (κ1) is 34.9. The molecule has 1 N–H and O–H groups in total. The summed E-state index contributed by atoms with van der Waals surface area (Å²) in [6.07, 6.45) is 14.5. The van der Waals surface area contributed by atoms with Gasteiger partial charge in [-0.1, -0.05) is 100 Å². The Balaban J connectivity index is 0.000000549. The lowest BCUT2D eigenvalue weighted by Crippen LogP contribution is -2.18. The van der Waals surface area contributed by atoms with Crippen molar-refractivity contribution < 1.29 is 19.5 Å². The van der Waals surface area contributed by atoms with Crippen LogP contribution in [0, 0.1) is 5.92 Å². The van der Waals surface area contributed by atoms with Crippen molar-refractivity contribution in [1.82, 2.24) is 0 Å². The van der Waals surface area contributed by atoms with Gasteiger partial charge in [-0.05, 0) is 80.4 Å². The van der Waals surface area contributed by atoms with Gasteiger partial charge >= 0.3 is 0 Å². The van der Waals surface area contributed by atoms with Gasteiger partial charge in [0.25, 0.3) is 0 Å². The number of rotatable bonds is 14. The second kappa shape index (κ2) is 21.9. The van der Waals surface area contributed by atoms with Crippen molar-refractivity contribution in [3.8, 4) is 0 Å². The van der Waals surface area contributed by atoms with E-state index in [4.69, 9.17) is 0 Å². The monoisotopic (exact) mass is 520 g/mol. The van der Waals surface area contributed by atoms with E-state index in [2.05, 4.69) is 13.8 Å². The van der Waals surface area contributed by atoms with Gasteiger partial charge in [0.2, 0.25) is 0 Å². The predicted octanol–water partition coefficient (Wildman–Crippen LogP) is 8.29. The van der Waals surface area contributed by atoms with Crippen LogP contribution in [0.1, 0.15) is 97.1 Å². The zero-order chi connectivity index (χ0) is 28.7. The van der Waals surface area contributed by atoms with Crippen molar-refractivity contribution in [1.29, 1.82) is 0 Å². The summed E-state index contributed by atoms with van der Waals surface area (Å²) >= 11 is 0. The Labute approximate surface area is 230 Å². The number of hydrogen-bond acceptors (Lipinski definition) is 4. The van der Waals surface area contributed by atoms with Crippen LogP contribution in [0.4, 0.5) is 0 Å². The number of carbonyl (C=O) groups is 3. The summed E-state index contributed by atoms with van der Waals surface area (Å²) in [5.74, 6) is 0.463. The highest BCUT2D eigenvalue weighted by atomic mass is 16.3. The summed E-state index contributed by atoms with van der Waals surface area (Å²) in [4.78, 5) is 31.2. The molecule has 0 aliphatic carbocycles. The van der Waals surface area contributed by atoms with Crippen molar-refractivity contribution in [2.45, 2.75) is 91.6 Å². The van der Waals surface area contributed by atoms with Gasteiger partial charge < -0.3 is 9.90 Å². The Bertz CT molecular complexity index is 937. The molecule has 0 fully saturated rings. The minimum atomic E-state index is -0.555. The normalized spacial score (nSPS) is 12.3. The first-order chi connectivity index (χ1) is 18.1. The molecule has 0 saturated carbocycles. The fourth-order valence-corrected chi connectivity index (χ4v) is 3.52. The van der Waals surface area contributed by atoms with Gasteiger partial charge in [0.05, 0.1) is 5.60 Å². The summed E-state index contributed by atoms with van der Waals surface area (Å²) in [5.41, 5.74) is 3.26. The van der Waals surface area contributed by atoms with E-state index >= 15 is 0 Å². The van der Waals surface area contributed by atoms with Crippen molar-refractivity contribution in [3.63, 3.8) is 0 Å². The number of carbonyl (C=O) groups excluding carboxylic acids is 3. The maximum Gasteiger partial charge on any atom is 0.146 e. The topological polar surface area (TPSA) is 71.4 Å². The molecule has 0 aliphatic rings. The van der Waals surface area contributed by atoms with E-state index in [9.17, 15) is 19.5 Å². The Kier molecular flexibility index (Phi) is 20.1. The minimum absolute atomic E-state index is 0.463. The molecular formula is C34H48O4. The Morgan fingerprint density at radius 3 is 1.84 bits per heavy atom. The van der Waals surface area contributed by atoms with E-state index in [1.807, 2.05) is 86.7 Å². The summed E-state index contributed by atoms with van der Waals surface area (Å²) in [6.45, 7) is 9.66. The smallest absolute Gasteiger partial charge is 0.146 e. The molecule has 1 unspecified atom stereocenters. The van der Waals surface area contributed by atoms with Gasteiger partial charge in [-0.25, -0.2) is 0 Å². The molecule has 4 nitrogen and oxygen atoms in total. The Morgan fingerprint density at radius 1 is 0.842 bits per heavy atom. The lowest BCUT2D eigenvalue weighted by atomic mass is 9.96. The molecule has 0 aliphatic heterocycles. The van der Waals surface area contributed by atoms with Crippen LogP contribution in [0.5, 0.6) is 0 Å². The quantitative estimate of drug-likeness (QED) is 0.154. The molecule has 38 heavy (non-hydrogen) atoms. The number of allylic oxidation sites excluding steroid dienone is 2. The van der Waals surface area contributed by atoms with Crippen molar-refractivity contribution in [2.75, 3.05) is 0 Å². The summed E-state index contributed by atoms with van der Waals surface area (Å²) in [6, 6.07) is 19.8. The molecule has 1 atom stereocenters. The van der Waals surface area contributed by atoms with E-state index in [-0.39, 0.29) is 0 Å². The maximum absolute atomic E-state index is 10.8. The molecule has 0 amide bonds. The lowest BCUT2D eigenvalue weighted by molar-refractivity contribution is -0.108. The van der Waals surface area contributed by atoms with E-state index < -0.39 is 5.60 Å². The van der Waals surface area contributed by atoms with E-state index in [0.29, 0.717) is 12.3 Å². The molecule has 0 heterocycles. The molecule has 0 bridgehead atoms. The fourth-order valence-electron chi connectivity index (χ4n) is 3.52. The third-order valence-electron chi connectivity index (χ3n) is 5.74. The SMILES string of the molecule is CC(C=O)=Cc1ccccc1.CC(CC=O)CCCC(C)(C)O.CCCCCC(C=O)=Cc1ccccc1. The van der Waals surface area contributed by atoms with Crippen LogP contribution in [0.15, 0.2) is 71.8 Å². The largest absolute Gasteiger partial charge is 0.390 e. The van der Waals surface area contributed by atoms with Gasteiger partial charge in [0, 0.05) is 6.42 Å². The van der Waals surface area contributed by atoms with Crippen molar-refractivity contribution in [2.24, 2.45) is 5.92 Å². The molecule has 4 heteroatoms. The molecule has 2 aromatic carbocycles. The summed E-state index contributed by atoms with van der Waals surface area (Å²) < 4.78 is 0. The van der Waals surface area contributed by atoms with Gasteiger partial charge in [-0.2, -0.15) is 0 Å². The molecule has 208 valence electrons. The molecule has 2 aromatic rings. The van der Waals surface area contributed by atoms with Crippen LogP contribution in [0.3, 0.4) is 0 Å². The number of aldehydes is 3. The second-order valence-corrected chi connectivity index (χ2v) is 10.3. The maximum atomic E-state index is 10.8. The number of hydrogen-bond donors (Lipinski definition) is 1. The van der Waals surface area contributed by atoms with E-state index in [1.54, 1.807) is 6.92 Å². The third kappa shape index (κ3) is 21.0. The van der Waals surface area contributed by atoms with Gasteiger partial charge in [-0.3, -0.25) is 9.59 Å². The van der Waals surface area contributed by atoms with Gasteiger partial charge in [0.15, 0.2) is 0 Å². The first-order valence-electron chi connectivity index (χ1n) is 13.7.